The van der Waals surface area contributed by atoms with Crippen LogP contribution in [0, 0.1) is 18.8 Å². The van der Waals surface area contributed by atoms with E-state index in [4.69, 9.17) is 37.9 Å². The van der Waals surface area contributed by atoms with Crippen molar-refractivity contribution in [3.8, 4) is 11.3 Å². The maximum atomic E-state index is 13.4. The molecule has 2 aliphatic heterocycles. The lowest BCUT2D eigenvalue weighted by molar-refractivity contribution is 0.0518. The van der Waals surface area contributed by atoms with E-state index >= 15 is 0 Å². The van der Waals surface area contributed by atoms with E-state index in [0.29, 0.717) is 63.6 Å². The minimum absolute atomic E-state index is 0.115. The molecule has 1 saturated carbocycles. The maximum absolute atomic E-state index is 13.4. The van der Waals surface area contributed by atoms with Gasteiger partial charge in [0.2, 0.25) is 0 Å². The van der Waals surface area contributed by atoms with Crippen molar-refractivity contribution < 1.29 is 19.1 Å². The molecule has 0 bridgehead atoms. The summed E-state index contributed by atoms with van der Waals surface area (Å²) in [4.78, 5) is 53.3. The molecule has 0 radical (unpaired) electrons. The van der Waals surface area contributed by atoms with Gasteiger partial charge >= 0.3 is 5.97 Å². The van der Waals surface area contributed by atoms with Gasteiger partial charge in [-0.25, -0.2) is 14.8 Å². The number of nitrogens with zero attached hydrogens (tertiary/aromatic N) is 4. The molecule has 2 aromatic carbocycles. The molecule has 1 saturated heterocycles. The summed E-state index contributed by atoms with van der Waals surface area (Å²) in [6.45, 7) is 5.29. The highest BCUT2D eigenvalue weighted by Gasteiger charge is 2.68. The summed E-state index contributed by atoms with van der Waals surface area (Å²) in [6, 6.07) is 14.4. The molecule has 11 heteroatoms. The van der Waals surface area contributed by atoms with E-state index < -0.39 is 5.97 Å². The third-order valence-corrected chi connectivity index (χ3v) is 10.7. The van der Waals surface area contributed by atoms with E-state index in [1.54, 1.807) is 60.7 Å². The summed E-state index contributed by atoms with van der Waals surface area (Å²) in [6.07, 6.45) is 0.800. The zero-order chi connectivity index (χ0) is 30.7. The topological polar surface area (TPSA) is 92.7 Å². The van der Waals surface area contributed by atoms with Crippen molar-refractivity contribution in [1.29, 1.82) is 0 Å². The molecule has 0 N–H and O–H groups in total. The molecule has 7 rings (SSSR count). The fraction of sp³-hybridized carbons (Fsp3) is 0.303. The lowest BCUT2D eigenvalue weighted by Gasteiger charge is -2.29. The molecule has 4 heterocycles. The van der Waals surface area contributed by atoms with Crippen molar-refractivity contribution in [3.63, 3.8) is 0 Å². The van der Waals surface area contributed by atoms with Crippen molar-refractivity contribution in [2.75, 3.05) is 31.1 Å². The van der Waals surface area contributed by atoms with Gasteiger partial charge in [-0.15, -0.1) is 0 Å². The van der Waals surface area contributed by atoms with Gasteiger partial charge < -0.3 is 9.64 Å². The van der Waals surface area contributed by atoms with E-state index in [-0.39, 0.29) is 41.4 Å². The number of rotatable bonds is 7. The second-order valence-corrected chi connectivity index (χ2v) is 13.0. The van der Waals surface area contributed by atoms with Gasteiger partial charge in [-0.3, -0.25) is 14.5 Å². The third kappa shape index (κ3) is 4.44. The van der Waals surface area contributed by atoms with Gasteiger partial charge in [0.05, 0.1) is 39.2 Å². The number of hydrogen-bond donors (Lipinski definition) is 0. The maximum Gasteiger partial charge on any atom is 0.360 e. The molecular formula is C33H28Cl2N4O4S. The van der Waals surface area contributed by atoms with Crippen molar-refractivity contribution in [2.24, 2.45) is 11.8 Å². The standard InChI is InChI=1S/C33H28Cl2N4O4S/c1-3-43-32(42)28-29(36-18(2)27(37-28)22-9-6-10-25(34)26(22)35)38-13-11-23-24(15-38)33(23,19-12-14-44-16-19)17-39-30(40)20-7-4-5-8-21(20)31(39)41/h4-10,12,14,16,23-24H,3,11,13,15,17H2,1-2H3. The van der Waals surface area contributed by atoms with Crippen LogP contribution in [0.4, 0.5) is 5.82 Å². The fourth-order valence-electron chi connectivity index (χ4n) is 7.10. The molecule has 3 atom stereocenters. The summed E-state index contributed by atoms with van der Waals surface area (Å²) < 4.78 is 5.42. The Hall–Kier alpha value is -3.79. The highest BCUT2D eigenvalue weighted by Crippen LogP contribution is 2.64. The van der Waals surface area contributed by atoms with Crippen LogP contribution in [-0.2, 0) is 10.2 Å². The second-order valence-electron chi connectivity index (χ2n) is 11.4. The largest absolute Gasteiger partial charge is 0.461 e. The number of ether oxygens (including phenoxy) is 1. The number of piperidine rings is 1. The van der Waals surface area contributed by atoms with Crippen LogP contribution in [0.1, 0.15) is 55.8 Å². The van der Waals surface area contributed by atoms with Gasteiger partial charge in [-0.2, -0.15) is 11.3 Å². The number of halogens is 2. The molecule has 8 nitrogen and oxygen atoms in total. The number of carbonyl (C=O) groups excluding carboxylic acids is 3. The lowest BCUT2D eigenvalue weighted by Crippen LogP contribution is -2.39. The normalized spacial score (nSPS) is 22.2. The van der Waals surface area contributed by atoms with Crippen LogP contribution in [-0.4, -0.2) is 58.9 Å². The molecule has 2 amide bonds. The zero-order valence-electron chi connectivity index (χ0n) is 24.0. The first kappa shape index (κ1) is 29.0. The molecule has 2 aromatic heterocycles. The Bertz CT molecular complexity index is 1800. The Balaban J connectivity index is 1.24. The summed E-state index contributed by atoms with van der Waals surface area (Å²) in [5.74, 6) is -0.212. The molecule has 3 aliphatic rings. The van der Waals surface area contributed by atoms with Crippen LogP contribution in [0.25, 0.3) is 11.3 Å². The van der Waals surface area contributed by atoms with Gasteiger partial charge in [0.25, 0.3) is 11.8 Å². The summed E-state index contributed by atoms with van der Waals surface area (Å²) in [7, 11) is 0. The van der Waals surface area contributed by atoms with Gasteiger partial charge in [-0.05, 0) is 72.7 Å². The quantitative estimate of drug-likeness (QED) is 0.163. The second kappa shape index (κ2) is 11.0. The van der Waals surface area contributed by atoms with Crippen molar-refractivity contribution >= 4 is 58.1 Å². The number of anilines is 1. The number of aromatic nitrogens is 2. The van der Waals surface area contributed by atoms with Crippen LogP contribution in [0.5, 0.6) is 0 Å². The Morgan fingerprint density at radius 3 is 2.43 bits per heavy atom. The van der Waals surface area contributed by atoms with Gasteiger partial charge in [0.15, 0.2) is 11.5 Å². The summed E-state index contributed by atoms with van der Waals surface area (Å²) in [5.41, 5.74) is 3.41. The van der Waals surface area contributed by atoms with Crippen LogP contribution < -0.4 is 4.90 Å². The number of hydrogen-bond acceptors (Lipinski definition) is 8. The van der Waals surface area contributed by atoms with E-state index in [1.807, 2.05) is 12.3 Å². The first-order valence-electron chi connectivity index (χ1n) is 14.5. The van der Waals surface area contributed by atoms with Crippen LogP contribution >= 0.6 is 34.5 Å². The first-order valence-corrected chi connectivity index (χ1v) is 16.2. The lowest BCUT2D eigenvalue weighted by atomic mass is 9.92. The van der Waals surface area contributed by atoms with E-state index in [2.05, 4.69) is 16.3 Å². The average molecular weight is 648 g/mol. The highest BCUT2D eigenvalue weighted by atomic mass is 35.5. The van der Waals surface area contributed by atoms with Gasteiger partial charge in [-0.1, -0.05) is 47.5 Å². The molecule has 3 unspecified atom stereocenters. The SMILES string of the molecule is CCOC(=O)c1nc(-c2cccc(Cl)c2Cl)c(C)nc1N1CCC2C(C1)C2(CN1C(=O)c2ccccc2C1=O)c1ccsc1. The number of amides is 2. The summed E-state index contributed by atoms with van der Waals surface area (Å²) in [5, 5.41) is 4.88. The zero-order valence-corrected chi connectivity index (χ0v) is 26.4. The van der Waals surface area contributed by atoms with Crippen LogP contribution in [0.15, 0.2) is 59.3 Å². The number of carbonyl (C=O) groups is 3. The molecular weight excluding hydrogens is 619 g/mol. The van der Waals surface area contributed by atoms with Crippen molar-refractivity contribution in [2.45, 2.75) is 25.7 Å². The Morgan fingerprint density at radius 2 is 1.75 bits per heavy atom. The van der Waals surface area contributed by atoms with E-state index in [0.717, 1.165) is 12.0 Å². The van der Waals surface area contributed by atoms with Gasteiger partial charge in [0.1, 0.15) is 0 Å². The van der Waals surface area contributed by atoms with E-state index in [1.165, 1.54) is 4.90 Å². The number of thiophene rings is 1. The average Bonchev–Trinajstić information content (AvgIpc) is 3.28. The number of imide groups is 1. The molecule has 0 spiro atoms. The van der Waals surface area contributed by atoms with Crippen LogP contribution in [0.2, 0.25) is 10.0 Å². The number of fused-ring (bicyclic) bond motifs is 2. The Kier molecular flexibility index (Phi) is 7.22. The minimum atomic E-state index is -0.567. The van der Waals surface area contributed by atoms with Gasteiger partial charge in [0, 0.05) is 30.6 Å². The highest BCUT2D eigenvalue weighted by molar-refractivity contribution is 7.08. The molecule has 44 heavy (non-hydrogen) atoms. The fourth-order valence-corrected chi connectivity index (χ4v) is 8.24. The van der Waals surface area contributed by atoms with Crippen LogP contribution in [0.3, 0.4) is 0 Å². The molecule has 2 fully saturated rings. The number of aryl methyl sites for hydroxylation is 1. The molecule has 4 aromatic rings. The smallest absolute Gasteiger partial charge is 0.360 e. The number of esters is 1. The van der Waals surface area contributed by atoms with Crippen molar-refractivity contribution in [3.05, 3.63) is 97.4 Å². The molecule has 224 valence electrons. The first-order chi connectivity index (χ1) is 21.3. The third-order valence-electron chi connectivity index (χ3n) is 9.21. The molecule has 1 aliphatic carbocycles. The summed E-state index contributed by atoms with van der Waals surface area (Å²) >= 11 is 14.4. The number of benzene rings is 2. The van der Waals surface area contributed by atoms with Crippen molar-refractivity contribution in [1.82, 2.24) is 14.9 Å². The predicted octanol–water partition coefficient (Wildman–Crippen LogP) is 6.69. The Labute approximate surface area is 268 Å². The van der Waals surface area contributed by atoms with E-state index in [9.17, 15) is 14.4 Å². The Morgan fingerprint density at radius 1 is 1.02 bits per heavy atom. The predicted molar refractivity (Wildman–Crippen MR) is 170 cm³/mol. The monoisotopic (exact) mass is 646 g/mol. The minimum Gasteiger partial charge on any atom is -0.461 e.